The zero-order valence-electron chi connectivity index (χ0n) is 8.54. The second-order valence-corrected chi connectivity index (χ2v) is 4.56. The van der Waals surface area contributed by atoms with Gasteiger partial charge >= 0.3 is 0 Å². The molecule has 0 unspecified atom stereocenters. The van der Waals surface area contributed by atoms with Crippen molar-refractivity contribution in [3.05, 3.63) is 45.8 Å². The highest BCUT2D eigenvalue weighted by Gasteiger charge is 2.02. The Labute approximate surface area is 107 Å². The molecular formula is C11H9BrClN3. The maximum Gasteiger partial charge on any atom is 0.224 e. The third-order valence-electron chi connectivity index (χ3n) is 2.05. The summed E-state index contributed by atoms with van der Waals surface area (Å²) in [6.45, 7) is 1.93. The molecule has 1 N–H and O–H groups in total. The summed E-state index contributed by atoms with van der Waals surface area (Å²) in [5.74, 6) is 0.724. The van der Waals surface area contributed by atoms with Crippen LogP contribution in [0.1, 0.15) is 5.56 Å². The fourth-order valence-corrected chi connectivity index (χ4v) is 1.61. The first-order valence-corrected chi connectivity index (χ1v) is 5.84. The molecule has 0 saturated heterocycles. The molecule has 0 bridgehead atoms. The van der Waals surface area contributed by atoms with Crippen LogP contribution in [0, 0.1) is 6.92 Å². The Balaban J connectivity index is 2.26. The molecule has 1 heterocycles. The van der Waals surface area contributed by atoms with Crippen LogP contribution in [0.4, 0.5) is 11.5 Å². The number of aromatic nitrogens is 2. The number of nitrogens with one attached hydrogen (secondary N) is 1. The van der Waals surface area contributed by atoms with Crippen LogP contribution in [0.5, 0.6) is 0 Å². The highest BCUT2D eigenvalue weighted by Crippen LogP contribution is 2.20. The van der Waals surface area contributed by atoms with Gasteiger partial charge in [0.15, 0.2) is 0 Å². The first-order chi connectivity index (χ1) is 7.65. The van der Waals surface area contributed by atoms with E-state index in [-0.39, 0.29) is 5.28 Å². The molecule has 2 aromatic rings. The normalized spacial score (nSPS) is 10.2. The van der Waals surface area contributed by atoms with Crippen molar-refractivity contribution in [1.82, 2.24) is 9.97 Å². The molecule has 0 aliphatic heterocycles. The Bertz CT molecular complexity index is 499. The predicted molar refractivity (Wildman–Crippen MR) is 69.2 cm³/mol. The fourth-order valence-electron chi connectivity index (χ4n) is 1.22. The third-order valence-corrected chi connectivity index (χ3v) is 2.76. The Hall–Kier alpha value is -1.13. The smallest absolute Gasteiger partial charge is 0.224 e. The third kappa shape index (κ3) is 2.71. The van der Waals surface area contributed by atoms with E-state index >= 15 is 0 Å². The molecule has 0 amide bonds. The minimum atomic E-state index is 0.241. The lowest BCUT2D eigenvalue weighted by atomic mass is 10.3. The van der Waals surface area contributed by atoms with Gasteiger partial charge in [0.05, 0.1) is 0 Å². The maximum atomic E-state index is 5.74. The number of halogens is 2. The van der Waals surface area contributed by atoms with E-state index in [1.165, 1.54) is 0 Å². The summed E-state index contributed by atoms with van der Waals surface area (Å²) >= 11 is 9.12. The van der Waals surface area contributed by atoms with Crippen molar-refractivity contribution in [2.24, 2.45) is 0 Å². The number of aryl methyl sites for hydroxylation is 1. The van der Waals surface area contributed by atoms with E-state index in [0.717, 1.165) is 21.5 Å². The monoisotopic (exact) mass is 297 g/mol. The SMILES string of the molecule is Cc1cnc(Cl)nc1Nc1ccc(Br)cc1. The molecule has 0 saturated carbocycles. The number of benzene rings is 1. The molecule has 5 heteroatoms. The summed E-state index contributed by atoms with van der Waals surface area (Å²) in [6, 6.07) is 7.83. The van der Waals surface area contributed by atoms with Crippen molar-refractivity contribution in [1.29, 1.82) is 0 Å². The molecule has 0 fully saturated rings. The van der Waals surface area contributed by atoms with E-state index in [1.54, 1.807) is 6.20 Å². The Morgan fingerprint density at radius 3 is 2.62 bits per heavy atom. The molecule has 16 heavy (non-hydrogen) atoms. The van der Waals surface area contributed by atoms with E-state index in [0.29, 0.717) is 0 Å². The van der Waals surface area contributed by atoms with Gasteiger partial charge in [-0.15, -0.1) is 0 Å². The first-order valence-electron chi connectivity index (χ1n) is 4.67. The van der Waals surface area contributed by atoms with E-state index in [4.69, 9.17) is 11.6 Å². The molecule has 3 nitrogen and oxygen atoms in total. The summed E-state index contributed by atoms with van der Waals surface area (Å²) in [5.41, 5.74) is 1.91. The van der Waals surface area contributed by atoms with Crippen LogP contribution in [0.15, 0.2) is 34.9 Å². The number of hydrogen-bond donors (Lipinski definition) is 1. The Morgan fingerprint density at radius 2 is 1.94 bits per heavy atom. The lowest BCUT2D eigenvalue weighted by Gasteiger charge is -2.08. The maximum absolute atomic E-state index is 5.74. The number of nitrogens with zero attached hydrogens (tertiary/aromatic N) is 2. The lowest BCUT2D eigenvalue weighted by Crippen LogP contribution is -1.97. The van der Waals surface area contributed by atoms with Crippen molar-refractivity contribution in [3.8, 4) is 0 Å². The topological polar surface area (TPSA) is 37.8 Å². The van der Waals surface area contributed by atoms with Crippen molar-refractivity contribution in [2.75, 3.05) is 5.32 Å². The van der Waals surface area contributed by atoms with Crippen molar-refractivity contribution >= 4 is 39.0 Å². The molecular weight excluding hydrogens is 289 g/mol. The number of rotatable bonds is 2. The standard InChI is InChI=1S/C11H9BrClN3/c1-7-6-14-11(13)16-10(7)15-9-4-2-8(12)3-5-9/h2-6H,1H3,(H,14,15,16). The van der Waals surface area contributed by atoms with Gasteiger partial charge in [-0.1, -0.05) is 15.9 Å². The van der Waals surface area contributed by atoms with Crippen molar-refractivity contribution in [2.45, 2.75) is 6.92 Å². The van der Waals surface area contributed by atoms with Gasteiger partial charge in [-0.25, -0.2) is 9.97 Å². The molecule has 1 aromatic carbocycles. The van der Waals surface area contributed by atoms with Gasteiger partial charge in [-0.2, -0.15) is 0 Å². The van der Waals surface area contributed by atoms with Crippen LogP contribution in [-0.2, 0) is 0 Å². The molecule has 0 spiro atoms. The van der Waals surface area contributed by atoms with Crippen LogP contribution in [0.3, 0.4) is 0 Å². The molecule has 82 valence electrons. The largest absolute Gasteiger partial charge is 0.340 e. The van der Waals surface area contributed by atoms with Gasteiger partial charge in [-0.3, -0.25) is 0 Å². The minimum absolute atomic E-state index is 0.241. The number of hydrogen-bond acceptors (Lipinski definition) is 3. The highest BCUT2D eigenvalue weighted by molar-refractivity contribution is 9.10. The van der Waals surface area contributed by atoms with Gasteiger partial charge in [0, 0.05) is 21.9 Å². The Morgan fingerprint density at radius 1 is 1.25 bits per heavy atom. The van der Waals surface area contributed by atoms with Gasteiger partial charge in [0.1, 0.15) is 5.82 Å². The Kier molecular flexibility index (Phi) is 3.41. The summed E-state index contributed by atoms with van der Waals surface area (Å²) in [5, 5.41) is 3.42. The van der Waals surface area contributed by atoms with Crippen LogP contribution >= 0.6 is 27.5 Å². The quantitative estimate of drug-likeness (QED) is 0.853. The van der Waals surface area contributed by atoms with E-state index in [2.05, 4.69) is 31.2 Å². The zero-order valence-corrected chi connectivity index (χ0v) is 10.9. The predicted octanol–water partition coefficient (Wildman–Crippen LogP) is 3.94. The average molecular weight is 299 g/mol. The van der Waals surface area contributed by atoms with Crippen LogP contribution < -0.4 is 5.32 Å². The average Bonchev–Trinajstić information content (AvgIpc) is 2.27. The lowest BCUT2D eigenvalue weighted by molar-refractivity contribution is 1.13. The van der Waals surface area contributed by atoms with Crippen LogP contribution in [0.25, 0.3) is 0 Å². The van der Waals surface area contributed by atoms with Gasteiger partial charge in [-0.05, 0) is 42.8 Å². The first kappa shape index (κ1) is 11.4. The summed E-state index contributed by atoms with van der Waals surface area (Å²) < 4.78 is 1.04. The van der Waals surface area contributed by atoms with Crippen LogP contribution in [-0.4, -0.2) is 9.97 Å². The molecule has 1 aromatic heterocycles. The van der Waals surface area contributed by atoms with Crippen molar-refractivity contribution in [3.63, 3.8) is 0 Å². The van der Waals surface area contributed by atoms with Gasteiger partial charge in [0.25, 0.3) is 0 Å². The summed E-state index contributed by atoms with van der Waals surface area (Å²) in [4.78, 5) is 8.02. The molecule has 0 atom stereocenters. The zero-order chi connectivity index (χ0) is 11.5. The molecule has 2 rings (SSSR count). The molecule has 0 radical (unpaired) electrons. The second kappa shape index (κ2) is 4.80. The van der Waals surface area contributed by atoms with Crippen molar-refractivity contribution < 1.29 is 0 Å². The second-order valence-electron chi connectivity index (χ2n) is 3.30. The molecule has 0 aliphatic rings. The van der Waals surface area contributed by atoms with E-state index in [1.807, 2.05) is 31.2 Å². The van der Waals surface area contributed by atoms with Crippen LogP contribution in [0.2, 0.25) is 5.28 Å². The highest BCUT2D eigenvalue weighted by atomic mass is 79.9. The van der Waals surface area contributed by atoms with E-state index in [9.17, 15) is 0 Å². The van der Waals surface area contributed by atoms with Gasteiger partial charge < -0.3 is 5.32 Å². The summed E-state index contributed by atoms with van der Waals surface area (Å²) in [7, 11) is 0. The molecule has 0 aliphatic carbocycles. The summed E-state index contributed by atoms with van der Waals surface area (Å²) in [6.07, 6.45) is 1.69. The number of anilines is 2. The minimum Gasteiger partial charge on any atom is -0.340 e. The fraction of sp³-hybridized carbons (Fsp3) is 0.0909. The van der Waals surface area contributed by atoms with E-state index < -0.39 is 0 Å². The van der Waals surface area contributed by atoms with Gasteiger partial charge in [0.2, 0.25) is 5.28 Å².